The van der Waals surface area contributed by atoms with Gasteiger partial charge in [-0.3, -0.25) is 4.90 Å². The van der Waals surface area contributed by atoms with E-state index >= 15 is 0 Å². The Morgan fingerprint density at radius 1 is 1.50 bits per heavy atom. The number of piperazine rings is 1. The summed E-state index contributed by atoms with van der Waals surface area (Å²) in [4.78, 5) is 8.43. The molecule has 100 valence electrons. The molecule has 1 aromatic heterocycles. The molecule has 1 aliphatic carbocycles. The molecule has 1 aliphatic heterocycles. The Kier molecular flexibility index (Phi) is 3.43. The molecule has 1 unspecified atom stereocenters. The van der Waals surface area contributed by atoms with Crippen LogP contribution in [0.15, 0.2) is 6.20 Å². The summed E-state index contributed by atoms with van der Waals surface area (Å²) in [5, 5.41) is 4.99. The molecule has 0 bridgehead atoms. The van der Waals surface area contributed by atoms with Gasteiger partial charge in [0.25, 0.3) is 0 Å². The molecule has 0 amide bonds. The monoisotopic (exact) mass is 265 g/mol. The highest BCUT2D eigenvalue weighted by Crippen LogP contribution is 2.33. The van der Waals surface area contributed by atoms with Crippen LogP contribution in [0.5, 0.6) is 0 Å². The van der Waals surface area contributed by atoms with E-state index in [1.807, 2.05) is 11.3 Å². The maximum Gasteiger partial charge on any atom is 0.0897 e. The van der Waals surface area contributed by atoms with Gasteiger partial charge in [0.2, 0.25) is 0 Å². The number of nitrogens with one attached hydrogen (secondary N) is 1. The van der Waals surface area contributed by atoms with Crippen molar-refractivity contribution in [3.8, 4) is 0 Å². The first-order valence-corrected chi connectivity index (χ1v) is 7.89. The van der Waals surface area contributed by atoms with Crippen molar-refractivity contribution in [1.29, 1.82) is 0 Å². The van der Waals surface area contributed by atoms with Crippen molar-refractivity contribution >= 4 is 11.3 Å². The molecule has 1 atom stereocenters. The standard InChI is InChI=1S/C14H23N3S/c1-11-7-16-14(5-3-4-6-14)10-17(11)9-13-8-15-12(2)18-13/h8,11,16H,3-7,9-10H2,1-2H3. The molecule has 0 aromatic carbocycles. The first-order valence-electron chi connectivity index (χ1n) is 7.07. The summed E-state index contributed by atoms with van der Waals surface area (Å²) in [6.07, 6.45) is 7.57. The Balaban J connectivity index is 1.69. The normalized spacial score (nSPS) is 28.0. The number of hydrogen-bond donors (Lipinski definition) is 1. The van der Waals surface area contributed by atoms with Gasteiger partial charge in [0, 0.05) is 42.3 Å². The number of hydrogen-bond acceptors (Lipinski definition) is 4. The van der Waals surface area contributed by atoms with Gasteiger partial charge in [-0.05, 0) is 26.7 Å². The second-order valence-corrected chi connectivity index (χ2v) is 7.29. The molecule has 3 rings (SSSR count). The minimum absolute atomic E-state index is 0.423. The minimum Gasteiger partial charge on any atom is -0.308 e. The molecular formula is C14H23N3S. The third kappa shape index (κ3) is 2.46. The highest BCUT2D eigenvalue weighted by molar-refractivity contribution is 7.11. The fourth-order valence-electron chi connectivity index (χ4n) is 3.37. The number of aryl methyl sites for hydroxylation is 1. The Morgan fingerprint density at radius 2 is 2.28 bits per heavy atom. The van der Waals surface area contributed by atoms with Crippen LogP contribution in [0.25, 0.3) is 0 Å². The topological polar surface area (TPSA) is 28.2 Å². The Bertz CT molecular complexity index is 409. The molecule has 4 heteroatoms. The molecule has 2 fully saturated rings. The van der Waals surface area contributed by atoms with E-state index in [1.165, 1.54) is 42.1 Å². The molecule has 1 saturated carbocycles. The predicted molar refractivity (Wildman–Crippen MR) is 75.9 cm³/mol. The van der Waals surface area contributed by atoms with Crippen molar-refractivity contribution in [3.63, 3.8) is 0 Å². The van der Waals surface area contributed by atoms with Crippen molar-refractivity contribution in [2.75, 3.05) is 13.1 Å². The van der Waals surface area contributed by atoms with Crippen molar-refractivity contribution in [3.05, 3.63) is 16.1 Å². The molecule has 1 saturated heterocycles. The number of aromatic nitrogens is 1. The van der Waals surface area contributed by atoms with Gasteiger partial charge in [0.15, 0.2) is 0 Å². The second kappa shape index (κ2) is 4.91. The van der Waals surface area contributed by atoms with Gasteiger partial charge in [0.05, 0.1) is 5.01 Å². The summed E-state index contributed by atoms with van der Waals surface area (Å²) in [6.45, 7) is 7.86. The van der Waals surface area contributed by atoms with Gasteiger partial charge < -0.3 is 5.32 Å². The average molecular weight is 265 g/mol. The van der Waals surface area contributed by atoms with E-state index in [0.717, 1.165) is 13.1 Å². The minimum atomic E-state index is 0.423. The fourth-order valence-corrected chi connectivity index (χ4v) is 4.19. The van der Waals surface area contributed by atoms with E-state index in [2.05, 4.69) is 35.2 Å². The highest BCUT2D eigenvalue weighted by Gasteiger charge is 2.39. The largest absolute Gasteiger partial charge is 0.308 e. The number of rotatable bonds is 2. The number of nitrogens with zero attached hydrogens (tertiary/aromatic N) is 2. The summed E-state index contributed by atoms with van der Waals surface area (Å²) in [5.74, 6) is 0. The summed E-state index contributed by atoms with van der Waals surface area (Å²) in [7, 11) is 0. The highest BCUT2D eigenvalue weighted by atomic mass is 32.1. The summed E-state index contributed by atoms with van der Waals surface area (Å²) in [5.41, 5.74) is 0.423. The van der Waals surface area contributed by atoms with Crippen molar-refractivity contribution in [2.45, 2.75) is 57.7 Å². The van der Waals surface area contributed by atoms with Gasteiger partial charge >= 0.3 is 0 Å². The summed E-state index contributed by atoms with van der Waals surface area (Å²) >= 11 is 1.84. The third-order valence-corrected chi connectivity index (χ3v) is 5.39. The lowest BCUT2D eigenvalue weighted by Crippen LogP contribution is -2.61. The maximum atomic E-state index is 4.37. The van der Waals surface area contributed by atoms with Crippen LogP contribution in [0, 0.1) is 6.92 Å². The van der Waals surface area contributed by atoms with E-state index in [-0.39, 0.29) is 0 Å². The molecule has 1 spiro atoms. The molecular weight excluding hydrogens is 242 g/mol. The molecule has 3 nitrogen and oxygen atoms in total. The van der Waals surface area contributed by atoms with Gasteiger partial charge in [-0.25, -0.2) is 4.98 Å². The van der Waals surface area contributed by atoms with Crippen LogP contribution in [-0.4, -0.2) is 34.6 Å². The first kappa shape index (κ1) is 12.6. The van der Waals surface area contributed by atoms with Gasteiger partial charge in [-0.15, -0.1) is 11.3 Å². The zero-order valence-corrected chi connectivity index (χ0v) is 12.2. The van der Waals surface area contributed by atoms with Crippen LogP contribution >= 0.6 is 11.3 Å². The van der Waals surface area contributed by atoms with E-state index in [4.69, 9.17) is 0 Å². The zero-order valence-electron chi connectivity index (χ0n) is 11.4. The molecule has 18 heavy (non-hydrogen) atoms. The average Bonchev–Trinajstić information content (AvgIpc) is 2.95. The second-order valence-electron chi connectivity index (χ2n) is 5.97. The fraction of sp³-hybridized carbons (Fsp3) is 0.786. The maximum absolute atomic E-state index is 4.37. The van der Waals surface area contributed by atoms with Crippen LogP contribution in [-0.2, 0) is 6.54 Å². The third-order valence-electron chi connectivity index (χ3n) is 4.49. The number of thiazole rings is 1. The quantitative estimate of drug-likeness (QED) is 0.891. The van der Waals surface area contributed by atoms with E-state index in [9.17, 15) is 0 Å². The Labute approximate surface area is 114 Å². The lowest BCUT2D eigenvalue weighted by Gasteiger charge is -2.45. The van der Waals surface area contributed by atoms with E-state index in [1.54, 1.807) is 0 Å². The lowest BCUT2D eigenvalue weighted by molar-refractivity contribution is 0.0835. The van der Waals surface area contributed by atoms with Gasteiger partial charge in [0.1, 0.15) is 0 Å². The van der Waals surface area contributed by atoms with Crippen LogP contribution < -0.4 is 5.32 Å². The molecule has 2 aliphatic rings. The smallest absolute Gasteiger partial charge is 0.0897 e. The zero-order chi connectivity index (χ0) is 12.6. The van der Waals surface area contributed by atoms with Gasteiger partial charge in [-0.2, -0.15) is 0 Å². The molecule has 0 radical (unpaired) electrons. The predicted octanol–water partition coefficient (Wildman–Crippen LogP) is 2.56. The van der Waals surface area contributed by atoms with Crippen LogP contribution in [0.2, 0.25) is 0 Å². The molecule has 2 heterocycles. The van der Waals surface area contributed by atoms with E-state index in [0.29, 0.717) is 11.6 Å². The van der Waals surface area contributed by atoms with Crippen molar-refractivity contribution < 1.29 is 0 Å². The lowest BCUT2D eigenvalue weighted by atomic mass is 9.92. The SMILES string of the molecule is Cc1ncc(CN2CC3(CCCC3)NCC2C)s1. The van der Waals surface area contributed by atoms with E-state index < -0.39 is 0 Å². The van der Waals surface area contributed by atoms with Crippen molar-refractivity contribution in [1.82, 2.24) is 15.2 Å². The molecule has 1 aromatic rings. The van der Waals surface area contributed by atoms with Crippen LogP contribution in [0.4, 0.5) is 0 Å². The van der Waals surface area contributed by atoms with Crippen LogP contribution in [0.3, 0.4) is 0 Å². The summed E-state index contributed by atoms with van der Waals surface area (Å²) in [6, 6.07) is 0.638. The van der Waals surface area contributed by atoms with Crippen molar-refractivity contribution in [2.24, 2.45) is 0 Å². The van der Waals surface area contributed by atoms with Gasteiger partial charge in [-0.1, -0.05) is 12.8 Å². The Hall–Kier alpha value is -0.450. The molecule has 1 N–H and O–H groups in total. The van der Waals surface area contributed by atoms with Crippen LogP contribution in [0.1, 0.15) is 42.5 Å². The summed E-state index contributed by atoms with van der Waals surface area (Å²) < 4.78 is 0. The Morgan fingerprint density at radius 3 is 2.94 bits per heavy atom. The first-order chi connectivity index (χ1) is 8.67.